The Morgan fingerprint density at radius 3 is 2.67 bits per heavy atom. The molecule has 1 aromatic carbocycles. The fourth-order valence-electron chi connectivity index (χ4n) is 3.62. The average molecular weight is 425 g/mol. The summed E-state index contributed by atoms with van der Waals surface area (Å²) in [5.74, 6) is 1.29. The van der Waals surface area contributed by atoms with E-state index in [1.807, 2.05) is 0 Å². The second-order valence-corrected chi connectivity index (χ2v) is 7.86. The van der Waals surface area contributed by atoms with E-state index in [9.17, 15) is 18.0 Å². The molecular formula is C20H26F3N5O2. The molecule has 0 bridgehead atoms. The molecule has 1 aliphatic heterocycles. The third-order valence-electron chi connectivity index (χ3n) is 4.90. The number of carbonyl (C=O) groups excluding carboxylic acids is 1. The maximum Gasteiger partial charge on any atom is 0.418 e. The van der Waals surface area contributed by atoms with Crippen molar-refractivity contribution < 1.29 is 22.5 Å². The first-order valence-electron chi connectivity index (χ1n) is 9.91. The van der Waals surface area contributed by atoms with Crippen molar-refractivity contribution in [2.24, 2.45) is 5.92 Å². The Labute approximate surface area is 173 Å². The summed E-state index contributed by atoms with van der Waals surface area (Å²) in [4.78, 5) is 20.9. The second kappa shape index (κ2) is 9.03. The third kappa shape index (κ3) is 5.29. The van der Waals surface area contributed by atoms with Crippen molar-refractivity contribution in [2.75, 3.05) is 31.5 Å². The first-order valence-corrected chi connectivity index (χ1v) is 9.91. The molecule has 0 saturated carbocycles. The van der Waals surface area contributed by atoms with Crippen LogP contribution in [0.5, 0.6) is 0 Å². The number of urea groups is 1. The fraction of sp³-hybridized carbons (Fsp3) is 0.550. The molecule has 2 heterocycles. The number of nitrogens with one attached hydrogen (secondary N) is 1. The molecule has 0 spiro atoms. The van der Waals surface area contributed by atoms with E-state index in [1.54, 1.807) is 6.92 Å². The second-order valence-electron chi connectivity index (χ2n) is 7.86. The van der Waals surface area contributed by atoms with Crippen molar-refractivity contribution in [2.45, 2.75) is 39.4 Å². The van der Waals surface area contributed by atoms with Crippen molar-refractivity contribution in [3.05, 3.63) is 41.5 Å². The highest BCUT2D eigenvalue weighted by molar-refractivity contribution is 5.90. The molecule has 2 amide bonds. The quantitative estimate of drug-likeness (QED) is 0.789. The number of anilines is 1. The molecule has 1 N–H and O–H groups in total. The normalized spacial score (nSPS) is 18.5. The van der Waals surface area contributed by atoms with Gasteiger partial charge in [0.25, 0.3) is 0 Å². The molecule has 10 heteroatoms. The number of alkyl halides is 3. The van der Waals surface area contributed by atoms with Crippen LogP contribution in [0.2, 0.25) is 0 Å². The highest BCUT2D eigenvalue weighted by Crippen LogP contribution is 2.35. The first-order chi connectivity index (χ1) is 14.1. The number of hydrogen-bond acceptors (Lipinski definition) is 5. The van der Waals surface area contributed by atoms with Crippen LogP contribution in [-0.4, -0.2) is 52.2 Å². The van der Waals surface area contributed by atoms with Crippen LogP contribution >= 0.6 is 0 Å². The van der Waals surface area contributed by atoms with Crippen molar-refractivity contribution in [1.29, 1.82) is 0 Å². The Kier molecular flexibility index (Phi) is 6.64. The monoisotopic (exact) mass is 425 g/mol. The van der Waals surface area contributed by atoms with Crippen molar-refractivity contribution in [3.8, 4) is 0 Å². The van der Waals surface area contributed by atoms with Gasteiger partial charge in [-0.15, -0.1) is 0 Å². The summed E-state index contributed by atoms with van der Waals surface area (Å²) in [5.41, 5.74) is -1.14. The number of para-hydroxylation sites is 1. The van der Waals surface area contributed by atoms with Gasteiger partial charge >= 0.3 is 12.2 Å². The van der Waals surface area contributed by atoms with Gasteiger partial charge in [0, 0.05) is 26.2 Å². The minimum atomic E-state index is -4.56. The predicted octanol–water partition coefficient (Wildman–Crippen LogP) is 4.33. The molecule has 3 rings (SSSR count). The van der Waals surface area contributed by atoms with Crippen LogP contribution in [0.15, 0.2) is 28.8 Å². The maximum atomic E-state index is 13.3. The van der Waals surface area contributed by atoms with Crippen LogP contribution in [0.25, 0.3) is 0 Å². The molecule has 1 unspecified atom stereocenters. The van der Waals surface area contributed by atoms with Crippen molar-refractivity contribution in [1.82, 2.24) is 19.9 Å². The van der Waals surface area contributed by atoms with Crippen LogP contribution in [0.4, 0.5) is 23.7 Å². The SMILES string of the molecule is Cc1noc(C2CN(C(=O)Nc3ccccc3C(F)(F)F)CCCN2CC(C)C)n1. The number of hydrogen-bond donors (Lipinski definition) is 1. The lowest BCUT2D eigenvalue weighted by molar-refractivity contribution is -0.136. The van der Waals surface area contributed by atoms with E-state index >= 15 is 0 Å². The van der Waals surface area contributed by atoms with Crippen molar-refractivity contribution in [3.63, 3.8) is 0 Å². The maximum absolute atomic E-state index is 13.3. The van der Waals surface area contributed by atoms with Crippen LogP contribution in [0.1, 0.15) is 43.6 Å². The van der Waals surface area contributed by atoms with Gasteiger partial charge < -0.3 is 14.7 Å². The molecule has 2 aromatic rings. The Bertz CT molecular complexity index is 868. The lowest BCUT2D eigenvalue weighted by atomic mass is 10.1. The van der Waals surface area contributed by atoms with Gasteiger partial charge in [-0.1, -0.05) is 31.1 Å². The molecule has 7 nitrogen and oxygen atoms in total. The smallest absolute Gasteiger partial charge is 0.338 e. The van der Waals surface area contributed by atoms with E-state index in [4.69, 9.17) is 4.52 Å². The number of nitrogens with zero attached hydrogens (tertiary/aromatic N) is 4. The van der Waals surface area contributed by atoms with Crippen LogP contribution < -0.4 is 5.32 Å². The lowest BCUT2D eigenvalue weighted by Gasteiger charge is -2.30. The number of aryl methyl sites for hydroxylation is 1. The summed E-state index contributed by atoms with van der Waals surface area (Å²) in [7, 11) is 0. The number of rotatable bonds is 4. The van der Waals surface area contributed by atoms with Crippen LogP contribution in [0, 0.1) is 12.8 Å². The van der Waals surface area contributed by atoms with Gasteiger partial charge in [-0.2, -0.15) is 18.2 Å². The summed E-state index contributed by atoms with van der Waals surface area (Å²) in [6.45, 7) is 8.06. The molecule has 1 fully saturated rings. The number of halogens is 3. The number of aromatic nitrogens is 2. The summed E-state index contributed by atoms with van der Waals surface area (Å²) in [5, 5.41) is 6.28. The first kappa shape index (κ1) is 22.1. The van der Waals surface area contributed by atoms with Gasteiger partial charge in [-0.3, -0.25) is 4.90 Å². The van der Waals surface area contributed by atoms with Crippen LogP contribution in [-0.2, 0) is 6.18 Å². The Morgan fingerprint density at radius 2 is 2.03 bits per heavy atom. The summed E-state index contributed by atoms with van der Waals surface area (Å²) < 4.78 is 45.2. The van der Waals surface area contributed by atoms with Crippen LogP contribution in [0.3, 0.4) is 0 Å². The number of amides is 2. The van der Waals surface area contributed by atoms with Crippen molar-refractivity contribution >= 4 is 11.7 Å². The average Bonchev–Trinajstić information content (AvgIpc) is 2.97. The zero-order valence-corrected chi connectivity index (χ0v) is 17.2. The molecule has 1 aromatic heterocycles. The van der Waals surface area contributed by atoms with E-state index in [2.05, 4.69) is 34.2 Å². The van der Waals surface area contributed by atoms with E-state index in [0.29, 0.717) is 37.1 Å². The molecular weight excluding hydrogens is 399 g/mol. The zero-order chi connectivity index (χ0) is 21.9. The van der Waals surface area contributed by atoms with Gasteiger partial charge in [0.1, 0.15) is 6.04 Å². The lowest BCUT2D eigenvalue weighted by Crippen LogP contribution is -2.41. The largest absolute Gasteiger partial charge is 0.418 e. The summed E-state index contributed by atoms with van der Waals surface area (Å²) in [6, 6.07) is 4.05. The highest BCUT2D eigenvalue weighted by Gasteiger charge is 2.35. The zero-order valence-electron chi connectivity index (χ0n) is 17.2. The molecule has 1 atom stereocenters. The molecule has 30 heavy (non-hydrogen) atoms. The number of benzene rings is 1. The molecule has 1 saturated heterocycles. The molecule has 0 aliphatic carbocycles. The Morgan fingerprint density at radius 1 is 1.30 bits per heavy atom. The topological polar surface area (TPSA) is 74.5 Å². The predicted molar refractivity (Wildman–Crippen MR) is 105 cm³/mol. The van der Waals surface area contributed by atoms with Gasteiger partial charge in [-0.05, 0) is 31.4 Å². The van der Waals surface area contributed by atoms with Gasteiger partial charge in [-0.25, -0.2) is 4.79 Å². The highest BCUT2D eigenvalue weighted by atomic mass is 19.4. The van der Waals surface area contributed by atoms with E-state index in [0.717, 1.165) is 12.6 Å². The van der Waals surface area contributed by atoms with Gasteiger partial charge in [0.2, 0.25) is 5.89 Å². The van der Waals surface area contributed by atoms with Gasteiger partial charge in [0.15, 0.2) is 5.82 Å². The van der Waals surface area contributed by atoms with E-state index < -0.39 is 17.8 Å². The molecule has 1 aliphatic rings. The molecule has 164 valence electrons. The minimum Gasteiger partial charge on any atom is -0.338 e. The number of carbonyl (C=O) groups is 1. The van der Waals surface area contributed by atoms with Gasteiger partial charge in [0.05, 0.1) is 11.3 Å². The van der Waals surface area contributed by atoms with E-state index in [-0.39, 0.29) is 18.3 Å². The fourth-order valence-corrected chi connectivity index (χ4v) is 3.62. The summed E-state index contributed by atoms with van der Waals surface area (Å²) >= 11 is 0. The molecule has 0 radical (unpaired) electrons. The Hall–Kier alpha value is -2.62. The van der Waals surface area contributed by atoms with E-state index in [1.165, 1.54) is 23.1 Å². The minimum absolute atomic E-state index is 0.244. The Balaban J connectivity index is 1.81. The summed E-state index contributed by atoms with van der Waals surface area (Å²) in [6.07, 6.45) is -3.87. The third-order valence-corrected chi connectivity index (χ3v) is 4.90. The standard InChI is InChI=1S/C20H26F3N5O2/c1-13(2)11-27-9-6-10-28(12-17(27)18-24-14(3)26-30-18)19(29)25-16-8-5-4-7-15(16)20(21,22)23/h4-5,7-8,13,17H,6,9-12H2,1-3H3,(H,25,29).